The van der Waals surface area contributed by atoms with Crippen LogP contribution in [0.3, 0.4) is 0 Å². The molecule has 11 heavy (non-hydrogen) atoms. The van der Waals surface area contributed by atoms with E-state index in [2.05, 4.69) is 0 Å². The molecule has 0 aromatic rings. The van der Waals surface area contributed by atoms with Crippen LogP contribution in [-0.4, -0.2) is 30.4 Å². The van der Waals surface area contributed by atoms with Crippen molar-refractivity contribution in [3.05, 3.63) is 0 Å². The Morgan fingerprint density at radius 3 is 2.27 bits per heavy atom. The monoisotopic (exact) mass is 182 g/mol. The van der Waals surface area contributed by atoms with Crippen molar-refractivity contribution >= 4 is 10.1 Å². The van der Waals surface area contributed by atoms with Crippen LogP contribution >= 0.6 is 0 Å². The summed E-state index contributed by atoms with van der Waals surface area (Å²) in [6, 6.07) is 0. The SMILES string of the molecule is CC(CCO)CCS(=O)(=O)O. The van der Waals surface area contributed by atoms with Crippen LogP contribution in [0.1, 0.15) is 19.8 Å². The highest BCUT2D eigenvalue weighted by Gasteiger charge is 2.08. The van der Waals surface area contributed by atoms with Crippen molar-refractivity contribution < 1.29 is 18.1 Å². The molecule has 0 fully saturated rings. The van der Waals surface area contributed by atoms with Gasteiger partial charge in [-0.05, 0) is 18.8 Å². The van der Waals surface area contributed by atoms with Gasteiger partial charge in [0.1, 0.15) is 0 Å². The van der Waals surface area contributed by atoms with E-state index in [1.807, 2.05) is 6.92 Å². The zero-order valence-corrected chi connectivity index (χ0v) is 7.34. The minimum absolute atomic E-state index is 0.0621. The molecule has 0 aliphatic heterocycles. The molecular weight excluding hydrogens is 168 g/mol. The van der Waals surface area contributed by atoms with Crippen molar-refractivity contribution in [3.63, 3.8) is 0 Å². The van der Waals surface area contributed by atoms with Gasteiger partial charge in [0.05, 0.1) is 5.75 Å². The van der Waals surface area contributed by atoms with Gasteiger partial charge in [-0.25, -0.2) is 0 Å². The van der Waals surface area contributed by atoms with Crippen LogP contribution in [0.15, 0.2) is 0 Å². The van der Waals surface area contributed by atoms with Gasteiger partial charge in [-0.2, -0.15) is 8.42 Å². The first-order chi connectivity index (χ1) is 4.95. The molecule has 0 heterocycles. The average Bonchev–Trinajstić information content (AvgIpc) is 1.83. The highest BCUT2D eigenvalue weighted by Crippen LogP contribution is 2.07. The minimum atomic E-state index is -3.82. The van der Waals surface area contributed by atoms with E-state index in [-0.39, 0.29) is 18.3 Å². The molecule has 0 amide bonds. The molecule has 68 valence electrons. The molecule has 0 aliphatic rings. The van der Waals surface area contributed by atoms with Gasteiger partial charge in [0.15, 0.2) is 0 Å². The second kappa shape index (κ2) is 4.69. The van der Waals surface area contributed by atoms with Crippen molar-refractivity contribution in [1.29, 1.82) is 0 Å². The molecule has 0 bridgehead atoms. The molecule has 4 nitrogen and oxygen atoms in total. The van der Waals surface area contributed by atoms with Gasteiger partial charge in [0.25, 0.3) is 10.1 Å². The van der Waals surface area contributed by atoms with E-state index < -0.39 is 10.1 Å². The zero-order chi connectivity index (χ0) is 8.91. The molecule has 0 aliphatic carbocycles. The molecule has 0 aromatic carbocycles. The smallest absolute Gasteiger partial charge is 0.264 e. The number of aliphatic hydroxyl groups is 1. The number of hydrogen-bond acceptors (Lipinski definition) is 3. The third-order valence-electron chi connectivity index (χ3n) is 1.49. The highest BCUT2D eigenvalue weighted by atomic mass is 32.2. The second-order valence-electron chi connectivity index (χ2n) is 2.69. The molecule has 0 spiro atoms. The van der Waals surface area contributed by atoms with Gasteiger partial charge in [-0.15, -0.1) is 0 Å². The van der Waals surface area contributed by atoms with Gasteiger partial charge in [-0.3, -0.25) is 4.55 Å². The predicted octanol–water partition coefficient (Wildman–Crippen LogP) is 0.283. The Hall–Kier alpha value is -0.130. The highest BCUT2D eigenvalue weighted by molar-refractivity contribution is 7.85. The lowest BCUT2D eigenvalue weighted by Gasteiger charge is -2.06. The van der Waals surface area contributed by atoms with Crippen LogP contribution in [-0.2, 0) is 10.1 Å². The lowest BCUT2D eigenvalue weighted by Crippen LogP contribution is -2.09. The summed E-state index contributed by atoms with van der Waals surface area (Å²) in [4.78, 5) is 0. The van der Waals surface area contributed by atoms with Crippen molar-refractivity contribution in [2.45, 2.75) is 19.8 Å². The van der Waals surface area contributed by atoms with E-state index in [0.717, 1.165) is 0 Å². The Morgan fingerprint density at radius 1 is 1.36 bits per heavy atom. The number of rotatable bonds is 5. The van der Waals surface area contributed by atoms with Crippen LogP contribution < -0.4 is 0 Å². The molecule has 1 atom stereocenters. The average molecular weight is 182 g/mol. The fourth-order valence-electron chi connectivity index (χ4n) is 0.715. The fraction of sp³-hybridized carbons (Fsp3) is 1.00. The Bertz CT molecular complexity index is 185. The molecule has 0 aromatic heterocycles. The lowest BCUT2D eigenvalue weighted by molar-refractivity contribution is 0.260. The lowest BCUT2D eigenvalue weighted by atomic mass is 10.1. The van der Waals surface area contributed by atoms with E-state index in [1.54, 1.807) is 0 Å². The molecule has 0 saturated carbocycles. The van der Waals surface area contributed by atoms with E-state index in [4.69, 9.17) is 9.66 Å². The Labute approximate surface area is 67.0 Å². The summed E-state index contributed by atoms with van der Waals surface area (Å²) >= 11 is 0. The first-order valence-electron chi connectivity index (χ1n) is 3.51. The first-order valence-corrected chi connectivity index (χ1v) is 5.12. The fourth-order valence-corrected chi connectivity index (χ4v) is 1.42. The van der Waals surface area contributed by atoms with Gasteiger partial charge in [0.2, 0.25) is 0 Å². The summed E-state index contributed by atoms with van der Waals surface area (Å²) in [6.07, 6.45) is 0.981. The van der Waals surface area contributed by atoms with E-state index >= 15 is 0 Å². The van der Waals surface area contributed by atoms with Crippen LogP contribution in [0.5, 0.6) is 0 Å². The standard InChI is InChI=1S/C6H14O4S/c1-6(2-4-7)3-5-11(8,9)10/h6-7H,2-5H2,1H3,(H,8,9,10). The predicted molar refractivity (Wildman–Crippen MR) is 41.9 cm³/mol. The first kappa shape index (κ1) is 10.9. The summed E-state index contributed by atoms with van der Waals surface area (Å²) in [5.74, 6) is -0.0734. The van der Waals surface area contributed by atoms with Crippen LogP contribution in [0.4, 0.5) is 0 Å². The number of hydrogen-bond donors (Lipinski definition) is 2. The van der Waals surface area contributed by atoms with Crippen LogP contribution in [0.2, 0.25) is 0 Å². The summed E-state index contributed by atoms with van der Waals surface area (Å²) in [7, 11) is -3.82. The van der Waals surface area contributed by atoms with E-state index in [1.165, 1.54) is 0 Å². The zero-order valence-electron chi connectivity index (χ0n) is 6.52. The van der Waals surface area contributed by atoms with E-state index in [0.29, 0.717) is 12.8 Å². The third kappa shape index (κ3) is 7.77. The van der Waals surface area contributed by atoms with Crippen LogP contribution in [0, 0.1) is 5.92 Å². The van der Waals surface area contributed by atoms with Gasteiger partial charge < -0.3 is 5.11 Å². The summed E-state index contributed by atoms with van der Waals surface area (Å²) < 4.78 is 28.8. The van der Waals surface area contributed by atoms with Crippen molar-refractivity contribution in [1.82, 2.24) is 0 Å². The van der Waals surface area contributed by atoms with Crippen LogP contribution in [0.25, 0.3) is 0 Å². The quantitative estimate of drug-likeness (QED) is 0.599. The normalized spacial score (nSPS) is 14.8. The third-order valence-corrected chi connectivity index (χ3v) is 2.24. The van der Waals surface area contributed by atoms with Gasteiger partial charge in [-0.1, -0.05) is 6.92 Å². The van der Waals surface area contributed by atoms with Gasteiger partial charge in [0, 0.05) is 6.61 Å². The molecule has 0 radical (unpaired) electrons. The Morgan fingerprint density at radius 2 is 1.91 bits per heavy atom. The molecule has 0 saturated heterocycles. The maximum Gasteiger partial charge on any atom is 0.264 e. The number of aliphatic hydroxyl groups excluding tert-OH is 1. The van der Waals surface area contributed by atoms with Crippen molar-refractivity contribution in [2.24, 2.45) is 5.92 Å². The molecule has 0 rings (SSSR count). The second-order valence-corrected chi connectivity index (χ2v) is 4.26. The van der Waals surface area contributed by atoms with Gasteiger partial charge >= 0.3 is 0 Å². The van der Waals surface area contributed by atoms with Crippen molar-refractivity contribution in [3.8, 4) is 0 Å². The Kier molecular flexibility index (Phi) is 4.63. The Balaban J connectivity index is 3.54. The van der Waals surface area contributed by atoms with E-state index in [9.17, 15) is 8.42 Å². The summed E-state index contributed by atoms with van der Waals surface area (Å²) in [6.45, 7) is 1.90. The summed E-state index contributed by atoms with van der Waals surface area (Å²) in [5.41, 5.74) is 0. The minimum Gasteiger partial charge on any atom is -0.396 e. The maximum absolute atomic E-state index is 10.2. The molecular formula is C6H14O4S. The largest absolute Gasteiger partial charge is 0.396 e. The molecule has 1 unspecified atom stereocenters. The summed E-state index contributed by atoms with van der Waals surface area (Å²) in [5, 5.41) is 8.45. The molecule has 5 heteroatoms. The topological polar surface area (TPSA) is 74.6 Å². The maximum atomic E-state index is 10.2. The van der Waals surface area contributed by atoms with Crippen molar-refractivity contribution in [2.75, 3.05) is 12.4 Å². The molecule has 2 N–H and O–H groups in total.